The third-order valence-electron chi connectivity index (χ3n) is 6.32. The SMILES string of the molecule is N=C(NC1C=CC=C1c1ccccc1)c1ccc(-n2c3ccccc3c3ccccc32)cc1. The summed E-state index contributed by atoms with van der Waals surface area (Å²) in [6.45, 7) is 0. The Morgan fingerprint density at radius 2 is 1.30 bits per heavy atom. The molecule has 33 heavy (non-hydrogen) atoms. The first-order valence-electron chi connectivity index (χ1n) is 11.2. The number of fused-ring (bicyclic) bond motifs is 3. The van der Waals surface area contributed by atoms with Crippen molar-refractivity contribution in [1.29, 1.82) is 5.41 Å². The van der Waals surface area contributed by atoms with Gasteiger partial charge in [0.1, 0.15) is 5.84 Å². The number of hydrogen-bond donors (Lipinski definition) is 2. The summed E-state index contributed by atoms with van der Waals surface area (Å²) in [5, 5.41) is 14.6. The molecule has 0 aliphatic heterocycles. The number of allylic oxidation sites excluding steroid dienone is 2. The highest BCUT2D eigenvalue weighted by Gasteiger charge is 2.18. The molecule has 0 bridgehead atoms. The summed E-state index contributed by atoms with van der Waals surface area (Å²) >= 11 is 0. The Balaban J connectivity index is 1.30. The molecule has 1 unspecified atom stereocenters. The van der Waals surface area contributed by atoms with Crippen LogP contribution in [0.1, 0.15) is 11.1 Å². The molecular formula is C30H23N3. The van der Waals surface area contributed by atoms with Crippen LogP contribution in [0, 0.1) is 5.41 Å². The van der Waals surface area contributed by atoms with Crippen molar-refractivity contribution in [3.8, 4) is 5.69 Å². The van der Waals surface area contributed by atoms with Crippen molar-refractivity contribution in [2.75, 3.05) is 0 Å². The number of rotatable bonds is 4. The minimum atomic E-state index is -0.00286. The Morgan fingerprint density at radius 3 is 1.97 bits per heavy atom. The van der Waals surface area contributed by atoms with Crippen LogP contribution >= 0.6 is 0 Å². The highest BCUT2D eigenvalue weighted by molar-refractivity contribution is 6.09. The highest BCUT2D eigenvalue weighted by Crippen LogP contribution is 2.31. The predicted octanol–water partition coefficient (Wildman–Crippen LogP) is 6.72. The van der Waals surface area contributed by atoms with Crippen molar-refractivity contribution < 1.29 is 0 Å². The van der Waals surface area contributed by atoms with Gasteiger partial charge in [0.15, 0.2) is 0 Å². The molecule has 0 saturated heterocycles. The zero-order valence-electron chi connectivity index (χ0n) is 18.1. The third kappa shape index (κ3) is 3.35. The quantitative estimate of drug-likeness (QED) is 0.243. The number of amidine groups is 1. The van der Waals surface area contributed by atoms with E-state index in [0.29, 0.717) is 5.84 Å². The van der Waals surface area contributed by atoms with Crippen molar-refractivity contribution in [2.45, 2.75) is 6.04 Å². The molecule has 1 atom stereocenters. The lowest BCUT2D eigenvalue weighted by Crippen LogP contribution is -2.33. The molecule has 0 fully saturated rings. The van der Waals surface area contributed by atoms with Crippen LogP contribution in [-0.2, 0) is 0 Å². The lowest BCUT2D eigenvalue weighted by molar-refractivity contribution is 0.902. The smallest absolute Gasteiger partial charge is 0.126 e. The summed E-state index contributed by atoms with van der Waals surface area (Å²) < 4.78 is 2.29. The molecule has 4 aromatic carbocycles. The molecule has 3 nitrogen and oxygen atoms in total. The fraction of sp³-hybridized carbons (Fsp3) is 0.0333. The third-order valence-corrected chi connectivity index (χ3v) is 6.32. The molecule has 158 valence electrons. The van der Waals surface area contributed by atoms with Crippen LogP contribution in [0.4, 0.5) is 0 Å². The maximum absolute atomic E-state index is 8.68. The Labute approximate surface area is 192 Å². The summed E-state index contributed by atoms with van der Waals surface area (Å²) in [5.41, 5.74) is 6.69. The standard InChI is InChI=1S/C30H23N3/c31-30(32-27-14-8-13-24(27)21-9-2-1-3-10-21)22-17-19-23(20-18-22)33-28-15-6-4-11-25(28)26-12-5-7-16-29(26)33/h1-20,27H,(H2,31,32). The van der Waals surface area contributed by atoms with E-state index in [-0.39, 0.29) is 6.04 Å². The lowest BCUT2D eigenvalue weighted by Gasteiger charge is -2.18. The second-order valence-electron chi connectivity index (χ2n) is 8.29. The number of nitrogens with one attached hydrogen (secondary N) is 2. The van der Waals surface area contributed by atoms with Crippen LogP contribution < -0.4 is 5.32 Å². The van der Waals surface area contributed by atoms with Crippen LogP contribution in [0.2, 0.25) is 0 Å². The fourth-order valence-electron chi connectivity index (χ4n) is 4.73. The number of aromatic nitrogens is 1. The molecule has 1 aliphatic rings. The second-order valence-corrected chi connectivity index (χ2v) is 8.29. The molecule has 1 aliphatic carbocycles. The van der Waals surface area contributed by atoms with Gasteiger partial charge in [0.05, 0.1) is 17.1 Å². The maximum Gasteiger partial charge on any atom is 0.126 e. The Kier molecular flexibility index (Phi) is 4.66. The molecule has 0 radical (unpaired) electrons. The van der Waals surface area contributed by atoms with Crippen molar-refractivity contribution in [3.05, 3.63) is 132 Å². The van der Waals surface area contributed by atoms with Gasteiger partial charge in [-0.2, -0.15) is 0 Å². The van der Waals surface area contributed by atoms with Gasteiger partial charge in [0, 0.05) is 22.0 Å². The van der Waals surface area contributed by atoms with E-state index in [1.165, 1.54) is 32.9 Å². The predicted molar refractivity (Wildman–Crippen MR) is 138 cm³/mol. The topological polar surface area (TPSA) is 40.8 Å². The second kappa shape index (κ2) is 7.95. The van der Waals surface area contributed by atoms with Crippen LogP contribution in [0.15, 0.2) is 121 Å². The molecule has 1 heterocycles. The largest absolute Gasteiger partial charge is 0.360 e. The monoisotopic (exact) mass is 425 g/mol. The number of benzene rings is 4. The summed E-state index contributed by atoms with van der Waals surface area (Å²) in [7, 11) is 0. The van der Waals surface area contributed by atoms with Crippen molar-refractivity contribution in [3.63, 3.8) is 0 Å². The van der Waals surface area contributed by atoms with E-state index in [1.54, 1.807) is 0 Å². The average Bonchev–Trinajstić information content (AvgIpc) is 3.47. The van der Waals surface area contributed by atoms with E-state index in [2.05, 4.69) is 101 Å². The van der Waals surface area contributed by atoms with Gasteiger partial charge in [-0.05, 0) is 47.5 Å². The Hall–Kier alpha value is -4.37. The summed E-state index contributed by atoms with van der Waals surface area (Å²) in [4.78, 5) is 0. The van der Waals surface area contributed by atoms with Gasteiger partial charge in [-0.3, -0.25) is 5.41 Å². The summed E-state index contributed by atoms with van der Waals surface area (Å²) in [5.74, 6) is 0.419. The van der Waals surface area contributed by atoms with E-state index >= 15 is 0 Å². The van der Waals surface area contributed by atoms with Gasteiger partial charge in [0.25, 0.3) is 0 Å². The van der Waals surface area contributed by atoms with Crippen LogP contribution in [-0.4, -0.2) is 16.4 Å². The fourth-order valence-corrected chi connectivity index (χ4v) is 4.73. The van der Waals surface area contributed by atoms with Crippen LogP contribution in [0.3, 0.4) is 0 Å². The van der Waals surface area contributed by atoms with E-state index in [0.717, 1.165) is 11.3 Å². The van der Waals surface area contributed by atoms with Crippen LogP contribution in [0.5, 0.6) is 0 Å². The zero-order valence-corrected chi connectivity index (χ0v) is 18.1. The molecule has 0 spiro atoms. The van der Waals surface area contributed by atoms with E-state index in [4.69, 9.17) is 5.41 Å². The van der Waals surface area contributed by atoms with Crippen molar-refractivity contribution in [2.24, 2.45) is 0 Å². The molecule has 3 heteroatoms. The van der Waals surface area contributed by atoms with Crippen LogP contribution in [0.25, 0.3) is 33.1 Å². The molecule has 0 amide bonds. The van der Waals surface area contributed by atoms with Gasteiger partial charge in [0.2, 0.25) is 0 Å². The maximum atomic E-state index is 8.68. The average molecular weight is 426 g/mol. The minimum absolute atomic E-state index is 0.00286. The molecule has 0 saturated carbocycles. The van der Waals surface area contributed by atoms with Crippen molar-refractivity contribution in [1.82, 2.24) is 9.88 Å². The Bertz CT molecular complexity index is 1480. The number of nitrogens with zero attached hydrogens (tertiary/aromatic N) is 1. The summed E-state index contributed by atoms with van der Waals surface area (Å²) in [6, 6.07) is 35.6. The first-order chi connectivity index (χ1) is 16.3. The molecule has 1 aromatic heterocycles. The molecular weight excluding hydrogens is 402 g/mol. The lowest BCUT2D eigenvalue weighted by atomic mass is 10.0. The summed E-state index contributed by atoms with van der Waals surface area (Å²) in [6.07, 6.45) is 6.27. The van der Waals surface area contributed by atoms with Gasteiger partial charge in [-0.25, -0.2) is 0 Å². The van der Waals surface area contributed by atoms with Gasteiger partial charge in [-0.1, -0.05) is 85.0 Å². The first-order valence-corrected chi connectivity index (χ1v) is 11.2. The van der Waals surface area contributed by atoms with E-state index < -0.39 is 0 Å². The van der Waals surface area contributed by atoms with Crippen molar-refractivity contribution >= 4 is 33.2 Å². The van der Waals surface area contributed by atoms with E-state index in [9.17, 15) is 0 Å². The Morgan fingerprint density at radius 1 is 0.697 bits per heavy atom. The minimum Gasteiger partial charge on any atom is -0.360 e. The van der Waals surface area contributed by atoms with Gasteiger partial charge in [-0.15, -0.1) is 0 Å². The van der Waals surface area contributed by atoms with Gasteiger partial charge < -0.3 is 9.88 Å². The highest BCUT2D eigenvalue weighted by atomic mass is 15.0. The number of hydrogen-bond acceptors (Lipinski definition) is 1. The molecule has 2 N–H and O–H groups in total. The number of para-hydroxylation sites is 2. The first kappa shape index (κ1) is 19.3. The van der Waals surface area contributed by atoms with E-state index in [1.807, 2.05) is 30.3 Å². The normalized spacial score (nSPS) is 15.2. The molecule has 5 aromatic rings. The van der Waals surface area contributed by atoms with Gasteiger partial charge >= 0.3 is 0 Å². The molecule has 6 rings (SSSR count). The zero-order chi connectivity index (χ0) is 22.2.